The number of aromatic nitrogens is 1. The Hall–Kier alpha value is -2.41. The van der Waals surface area contributed by atoms with Gasteiger partial charge < -0.3 is 19.5 Å². The third-order valence-corrected chi connectivity index (χ3v) is 5.74. The highest BCUT2D eigenvalue weighted by atomic mass is 16.3. The molecule has 2 aliphatic heterocycles. The van der Waals surface area contributed by atoms with Gasteiger partial charge in [-0.2, -0.15) is 0 Å². The maximum Gasteiger partial charge on any atom is 0.258 e. The van der Waals surface area contributed by atoms with Gasteiger partial charge in [-0.1, -0.05) is 19.1 Å². The molecule has 1 aromatic heterocycles. The van der Waals surface area contributed by atoms with E-state index in [4.69, 9.17) is 0 Å². The first-order valence-electron chi connectivity index (χ1n) is 9.36. The fraction of sp³-hybridized carbons (Fsp3) is 0.550. The summed E-state index contributed by atoms with van der Waals surface area (Å²) in [7, 11) is 3.31. The summed E-state index contributed by atoms with van der Waals surface area (Å²) < 4.78 is 1.69. The molecule has 7 nitrogen and oxygen atoms in total. The van der Waals surface area contributed by atoms with Crippen LogP contribution < -0.4 is 5.56 Å². The number of allylic oxidation sites excluding steroid dienone is 1. The van der Waals surface area contributed by atoms with Crippen LogP contribution in [0.5, 0.6) is 0 Å². The molecule has 27 heavy (non-hydrogen) atoms. The van der Waals surface area contributed by atoms with Crippen LogP contribution in [0.3, 0.4) is 0 Å². The average molecular weight is 373 g/mol. The highest BCUT2D eigenvalue weighted by Crippen LogP contribution is 2.49. The van der Waals surface area contributed by atoms with Gasteiger partial charge in [-0.3, -0.25) is 14.4 Å². The van der Waals surface area contributed by atoms with Gasteiger partial charge in [0.15, 0.2) is 0 Å². The summed E-state index contributed by atoms with van der Waals surface area (Å²) in [6.07, 6.45) is 3.84. The van der Waals surface area contributed by atoms with Crippen LogP contribution in [0.4, 0.5) is 0 Å². The lowest BCUT2D eigenvalue weighted by molar-refractivity contribution is -0.145. The number of hydrogen-bond acceptors (Lipinski definition) is 4. The van der Waals surface area contributed by atoms with Crippen LogP contribution in [-0.2, 0) is 16.1 Å². The Balaban J connectivity index is 2.14. The van der Waals surface area contributed by atoms with Crippen molar-refractivity contribution < 1.29 is 14.7 Å². The molecule has 1 fully saturated rings. The molecule has 7 heteroatoms. The summed E-state index contributed by atoms with van der Waals surface area (Å²) in [4.78, 5) is 41.5. The number of hydrogen-bond donors (Lipinski definition) is 1. The zero-order valence-electron chi connectivity index (χ0n) is 16.3. The van der Waals surface area contributed by atoms with Gasteiger partial charge >= 0.3 is 0 Å². The molecule has 0 unspecified atom stereocenters. The van der Waals surface area contributed by atoms with Crippen LogP contribution >= 0.6 is 0 Å². The van der Waals surface area contributed by atoms with Gasteiger partial charge in [-0.15, -0.1) is 0 Å². The number of likely N-dealkylation sites (tertiary alicyclic amines) is 1. The van der Waals surface area contributed by atoms with E-state index in [1.165, 1.54) is 4.90 Å². The maximum absolute atomic E-state index is 12.8. The summed E-state index contributed by atoms with van der Waals surface area (Å²) in [6, 6.07) is 2.57. The minimum Gasteiger partial charge on any atom is -0.396 e. The van der Waals surface area contributed by atoms with Gasteiger partial charge in [0.1, 0.15) is 6.04 Å². The highest BCUT2D eigenvalue weighted by molar-refractivity contribution is 5.89. The lowest BCUT2D eigenvalue weighted by Gasteiger charge is -2.32. The minimum atomic E-state index is -0.702. The van der Waals surface area contributed by atoms with Gasteiger partial charge in [0.2, 0.25) is 11.8 Å². The van der Waals surface area contributed by atoms with E-state index in [2.05, 4.69) is 0 Å². The fourth-order valence-electron chi connectivity index (χ4n) is 4.52. The predicted octanol–water partition coefficient (Wildman–Crippen LogP) is 0.870. The molecule has 0 radical (unpaired) electrons. The Bertz CT molecular complexity index is 842. The molecule has 2 amide bonds. The number of fused-ring (bicyclic) bond motifs is 3. The number of likely N-dealkylation sites (N-methyl/N-ethyl adjacent to an activating group) is 1. The van der Waals surface area contributed by atoms with Crippen molar-refractivity contribution >= 4 is 17.9 Å². The van der Waals surface area contributed by atoms with Crippen molar-refractivity contribution in [2.75, 3.05) is 20.7 Å². The van der Waals surface area contributed by atoms with E-state index in [0.717, 1.165) is 5.69 Å². The third-order valence-electron chi connectivity index (χ3n) is 5.74. The van der Waals surface area contributed by atoms with Crippen LogP contribution in [-0.4, -0.2) is 58.0 Å². The van der Waals surface area contributed by atoms with Crippen LogP contribution in [0.1, 0.15) is 37.6 Å². The van der Waals surface area contributed by atoms with E-state index < -0.39 is 12.0 Å². The molecular formula is C20H27N3O4. The predicted molar refractivity (Wildman–Crippen MR) is 102 cm³/mol. The smallest absolute Gasteiger partial charge is 0.258 e. The van der Waals surface area contributed by atoms with Crippen molar-refractivity contribution in [1.82, 2.24) is 14.4 Å². The number of carbonyl (C=O) groups excluding carboxylic acids is 2. The third kappa shape index (κ3) is 2.90. The van der Waals surface area contributed by atoms with Crippen molar-refractivity contribution in [3.8, 4) is 0 Å². The molecule has 3 heterocycles. The van der Waals surface area contributed by atoms with Crippen LogP contribution in [0.25, 0.3) is 6.08 Å². The summed E-state index contributed by atoms with van der Waals surface area (Å²) >= 11 is 0. The van der Waals surface area contributed by atoms with E-state index in [0.29, 0.717) is 12.1 Å². The second-order valence-electron chi connectivity index (χ2n) is 7.42. The molecule has 0 bridgehead atoms. The number of aliphatic hydroxyl groups is 1. The zero-order chi connectivity index (χ0) is 19.9. The average Bonchev–Trinajstić information content (AvgIpc) is 3.17. The number of carbonyl (C=O) groups is 2. The second kappa shape index (κ2) is 7.31. The van der Waals surface area contributed by atoms with E-state index in [1.807, 2.05) is 19.1 Å². The van der Waals surface area contributed by atoms with Gasteiger partial charge in [-0.05, 0) is 19.1 Å². The number of rotatable bonds is 4. The van der Waals surface area contributed by atoms with Crippen LogP contribution in [0.2, 0.25) is 0 Å². The van der Waals surface area contributed by atoms with E-state index in [-0.39, 0.29) is 42.4 Å². The Morgan fingerprint density at radius 3 is 2.59 bits per heavy atom. The lowest BCUT2D eigenvalue weighted by atomic mass is 9.88. The van der Waals surface area contributed by atoms with Crippen molar-refractivity contribution in [2.45, 2.75) is 38.9 Å². The first-order chi connectivity index (χ1) is 12.9. The SMILES string of the molecule is C/C=C\c1ccc2n(c1=O)C[C@@H]1[C@@H](CO)[C@H](C(=O)N(C)C)N(C(=O)CC)[C@H]21. The monoisotopic (exact) mass is 373 g/mol. The lowest BCUT2D eigenvalue weighted by Crippen LogP contribution is -2.49. The van der Waals surface area contributed by atoms with Crippen molar-refractivity contribution in [1.29, 1.82) is 0 Å². The van der Waals surface area contributed by atoms with Gasteiger partial charge in [0.25, 0.3) is 5.56 Å². The van der Waals surface area contributed by atoms with Gasteiger partial charge in [0.05, 0.1) is 6.04 Å². The van der Waals surface area contributed by atoms with Gasteiger partial charge in [0, 0.05) is 56.8 Å². The molecular weight excluding hydrogens is 346 g/mol. The molecule has 1 N–H and O–H groups in total. The van der Waals surface area contributed by atoms with E-state index in [1.54, 1.807) is 42.6 Å². The number of aliphatic hydroxyl groups excluding tert-OH is 1. The summed E-state index contributed by atoms with van der Waals surface area (Å²) in [5.74, 6) is -0.887. The summed E-state index contributed by atoms with van der Waals surface area (Å²) in [5, 5.41) is 10.1. The maximum atomic E-state index is 12.8. The standard InChI is InChI=1S/C20H27N3O4/c1-5-7-12-8-9-15-17-13(10-22(15)19(12)26)14(11-24)18(20(27)21(3)4)23(17)16(25)6-2/h5,7-9,13-14,17-18,24H,6,10-11H2,1-4H3/b7-5-/t13-,14-,17+,18-/m1/s1. The van der Waals surface area contributed by atoms with Crippen molar-refractivity contribution in [3.63, 3.8) is 0 Å². The topological polar surface area (TPSA) is 82.8 Å². The largest absolute Gasteiger partial charge is 0.396 e. The molecule has 3 rings (SSSR count). The molecule has 4 atom stereocenters. The Morgan fingerprint density at radius 1 is 1.33 bits per heavy atom. The van der Waals surface area contributed by atoms with Crippen LogP contribution in [0.15, 0.2) is 23.0 Å². The Morgan fingerprint density at radius 2 is 2.04 bits per heavy atom. The molecule has 1 aromatic rings. The number of nitrogens with zero attached hydrogens (tertiary/aromatic N) is 3. The molecule has 1 saturated heterocycles. The first-order valence-corrected chi connectivity index (χ1v) is 9.36. The zero-order valence-corrected chi connectivity index (χ0v) is 16.3. The van der Waals surface area contributed by atoms with Crippen LogP contribution in [0, 0.1) is 11.8 Å². The summed E-state index contributed by atoms with van der Waals surface area (Å²) in [6.45, 7) is 3.81. The van der Waals surface area contributed by atoms with Gasteiger partial charge in [-0.25, -0.2) is 0 Å². The molecule has 0 saturated carbocycles. The second-order valence-corrected chi connectivity index (χ2v) is 7.42. The highest BCUT2D eigenvalue weighted by Gasteiger charge is 2.57. The Kier molecular flexibility index (Phi) is 5.24. The quantitative estimate of drug-likeness (QED) is 0.849. The molecule has 0 aliphatic carbocycles. The van der Waals surface area contributed by atoms with Crippen molar-refractivity contribution in [3.05, 3.63) is 39.8 Å². The molecule has 146 valence electrons. The molecule has 2 aliphatic rings. The van der Waals surface area contributed by atoms with E-state index >= 15 is 0 Å². The molecule has 0 aromatic carbocycles. The first kappa shape index (κ1) is 19.4. The number of amides is 2. The fourth-order valence-corrected chi connectivity index (χ4v) is 4.52. The summed E-state index contributed by atoms with van der Waals surface area (Å²) in [5.41, 5.74) is 1.24. The van der Waals surface area contributed by atoms with E-state index in [9.17, 15) is 19.5 Å². The number of pyridine rings is 1. The normalized spacial score (nSPS) is 26.3. The molecule has 0 spiro atoms. The minimum absolute atomic E-state index is 0.101. The Labute approximate surface area is 158 Å². The van der Waals surface area contributed by atoms with Crippen molar-refractivity contribution in [2.24, 2.45) is 11.8 Å².